The van der Waals surface area contributed by atoms with Crippen molar-refractivity contribution < 1.29 is 0 Å². The molecule has 0 aromatic carbocycles. The lowest BCUT2D eigenvalue weighted by Gasteiger charge is -2.08. The van der Waals surface area contributed by atoms with Crippen LogP contribution in [0, 0.1) is 6.92 Å². The Kier molecular flexibility index (Phi) is 2.03. The minimum Gasteiger partial charge on any atom is -0.238 e. The van der Waals surface area contributed by atoms with Crippen LogP contribution in [-0.4, -0.2) is 9.97 Å². The number of rotatable bonds is 2. The first kappa shape index (κ1) is 8.95. The van der Waals surface area contributed by atoms with Crippen LogP contribution in [0.25, 0.3) is 0 Å². The van der Waals surface area contributed by atoms with Crippen molar-refractivity contribution in [3.8, 4) is 0 Å². The molecule has 0 bridgehead atoms. The Balaban J connectivity index is 2.40. The molecule has 1 aromatic heterocycles. The van der Waals surface area contributed by atoms with Gasteiger partial charge in [-0.15, -0.1) is 11.6 Å². The zero-order valence-corrected chi connectivity index (χ0v) is 8.73. The second kappa shape index (κ2) is 2.95. The fraction of sp³-hybridized carbons (Fsp3) is 0.600. The summed E-state index contributed by atoms with van der Waals surface area (Å²) in [5, 5.41) is 0. The van der Waals surface area contributed by atoms with Crippen molar-refractivity contribution in [3.63, 3.8) is 0 Å². The minimum atomic E-state index is 0.243. The Morgan fingerprint density at radius 2 is 2.15 bits per heavy atom. The van der Waals surface area contributed by atoms with Gasteiger partial charge in [0.25, 0.3) is 0 Å². The zero-order chi connectivity index (χ0) is 9.47. The molecule has 2 rings (SSSR count). The van der Waals surface area contributed by atoms with Crippen molar-refractivity contribution in [1.29, 1.82) is 0 Å². The predicted octanol–water partition coefficient (Wildman–Crippen LogP) is 2.58. The molecule has 0 aliphatic heterocycles. The first-order valence-corrected chi connectivity index (χ1v) is 5.08. The molecule has 2 nitrogen and oxygen atoms in total. The maximum absolute atomic E-state index is 5.75. The van der Waals surface area contributed by atoms with E-state index in [1.54, 1.807) is 0 Å². The molecule has 1 saturated carbocycles. The van der Waals surface area contributed by atoms with E-state index >= 15 is 0 Å². The van der Waals surface area contributed by atoms with Crippen molar-refractivity contribution in [2.24, 2.45) is 0 Å². The van der Waals surface area contributed by atoms with Gasteiger partial charge in [-0.3, -0.25) is 0 Å². The number of aromatic nitrogens is 2. The lowest BCUT2D eigenvalue weighted by molar-refractivity contribution is 0.696. The number of aryl methyl sites for hydroxylation is 1. The summed E-state index contributed by atoms with van der Waals surface area (Å²) in [6, 6.07) is 1.95. The van der Waals surface area contributed by atoms with E-state index in [0.717, 1.165) is 17.2 Å². The van der Waals surface area contributed by atoms with E-state index in [1.807, 2.05) is 13.0 Å². The third kappa shape index (κ3) is 1.68. The second-order valence-electron chi connectivity index (χ2n) is 4.02. The van der Waals surface area contributed by atoms with Gasteiger partial charge < -0.3 is 0 Å². The second-order valence-corrected chi connectivity index (χ2v) is 4.29. The van der Waals surface area contributed by atoms with E-state index in [0.29, 0.717) is 5.88 Å². The quantitative estimate of drug-likeness (QED) is 0.680. The highest BCUT2D eigenvalue weighted by molar-refractivity contribution is 6.16. The van der Waals surface area contributed by atoms with E-state index in [2.05, 4.69) is 16.9 Å². The Labute approximate surface area is 83.4 Å². The summed E-state index contributed by atoms with van der Waals surface area (Å²) in [7, 11) is 0. The number of nitrogens with zero attached hydrogens (tertiary/aromatic N) is 2. The molecule has 0 saturated heterocycles. The summed E-state index contributed by atoms with van der Waals surface area (Å²) < 4.78 is 0. The standard InChI is InChI=1S/C10H13ClN2/c1-7-5-8(6-11)13-9(12-7)10(2)3-4-10/h5H,3-4,6H2,1-2H3. The van der Waals surface area contributed by atoms with Crippen LogP contribution >= 0.6 is 11.6 Å². The smallest absolute Gasteiger partial charge is 0.134 e. The molecule has 70 valence electrons. The predicted molar refractivity (Wildman–Crippen MR) is 52.9 cm³/mol. The van der Waals surface area contributed by atoms with Gasteiger partial charge in [-0.05, 0) is 25.8 Å². The van der Waals surface area contributed by atoms with Gasteiger partial charge in [0.05, 0.1) is 11.6 Å². The monoisotopic (exact) mass is 196 g/mol. The molecular formula is C10H13ClN2. The van der Waals surface area contributed by atoms with E-state index in [-0.39, 0.29) is 5.41 Å². The summed E-state index contributed by atoms with van der Waals surface area (Å²) in [4.78, 5) is 8.89. The van der Waals surface area contributed by atoms with Crippen molar-refractivity contribution in [2.45, 2.75) is 38.0 Å². The van der Waals surface area contributed by atoms with Gasteiger partial charge >= 0.3 is 0 Å². The van der Waals surface area contributed by atoms with Crippen LogP contribution in [0.15, 0.2) is 6.07 Å². The number of hydrogen-bond donors (Lipinski definition) is 0. The van der Waals surface area contributed by atoms with E-state index in [1.165, 1.54) is 12.8 Å². The lowest BCUT2D eigenvalue weighted by Crippen LogP contribution is -2.09. The summed E-state index contributed by atoms with van der Waals surface area (Å²) in [6.45, 7) is 4.20. The fourth-order valence-electron chi connectivity index (χ4n) is 1.38. The molecule has 0 amide bonds. The van der Waals surface area contributed by atoms with Crippen molar-refractivity contribution in [2.75, 3.05) is 0 Å². The molecule has 13 heavy (non-hydrogen) atoms. The Morgan fingerprint density at radius 1 is 1.46 bits per heavy atom. The van der Waals surface area contributed by atoms with Crippen molar-refractivity contribution >= 4 is 11.6 Å². The molecule has 0 atom stereocenters. The third-order valence-electron chi connectivity index (χ3n) is 2.58. The Hall–Kier alpha value is -0.630. The highest BCUT2D eigenvalue weighted by Gasteiger charge is 2.42. The first-order chi connectivity index (χ1) is 6.14. The average Bonchev–Trinajstić information content (AvgIpc) is 2.84. The van der Waals surface area contributed by atoms with Crippen LogP contribution in [0.1, 0.15) is 37.0 Å². The Morgan fingerprint density at radius 3 is 2.69 bits per heavy atom. The third-order valence-corrected chi connectivity index (χ3v) is 2.86. The topological polar surface area (TPSA) is 25.8 Å². The summed E-state index contributed by atoms with van der Waals surface area (Å²) in [6.07, 6.45) is 2.41. The van der Waals surface area contributed by atoms with Gasteiger partial charge in [0, 0.05) is 11.1 Å². The van der Waals surface area contributed by atoms with Crippen LogP contribution in [0.5, 0.6) is 0 Å². The van der Waals surface area contributed by atoms with Crippen LogP contribution in [0.4, 0.5) is 0 Å². The summed E-state index contributed by atoms with van der Waals surface area (Å²) in [5.41, 5.74) is 2.21. The van der Waals surface area contributed by atoms with Gasteiger partial charge in [-0.1, -0.05) is 6.92 Å². The van der Waals surface area contributed by atoms with Crippen LogP contribution in [0.3, 0.4) is 0 Å². The van der Waals surface area contributed by atoms with Gasteiger partial charge in [0.2, 0.25) is 0 Å². The molecule has 1 aliphatic rings. The van der Waals surface area contributed by atoms with Crippen LogP contribution in [0.2, 0.25) is 0 Å². The molecule has 0 radical (unpaired) electrons. The largest absolute Gasteiger partial charge is 0.238 e. The summed E-state index contributed by atoms with van der Waals surface area (Å²) in [5.74, 6) is 1.45. The Bertz CT molecular complexity index is 332. The molecule has 1 aliphatic carbocycles. The van der Waals surface area contributed by atoms with Crippen molar-refractivity contribution in [1.82, 2.24) is 9.97 Å². The van der Waals surface area contributed by atoms with Crippen LogP contribution < -0.4 is 0 Å². The number of alkyl halides is 1. The number of hydrogen-bond acceptors (Lipinski definition) is 2. The van der Waals surface area contributed by atoms with E-state index in [9.17, 15) is 0 Å². The van der Waals surface area contributed by atoms with Crippen molar-refractivity contribution in [3.05, 3.63) is 23.3 Å². The molecule has 0 unspecified atom stereocenters. The molecule has 0 N–H and O–H groups in total. The van der Waals surface area contributed by atoms with Gasteiger partial charge in [-0.25, -0.2) is 9.97 Å². The van der Waals surface area contributed by atoms with Gasteiger partial charge in [0.1, 0.15) is 5.82 Å². The maximum atomic E-state index is 5.75. The lowest BCUT2D eigenvalue weighted by atomic mass is 10.1. The average molecular weight is 197 g/mol. The normalized spacial score (nSPS) is 18.7. The van der Waals surface area contributed by atoms with Gasteiger partial charge in [-0.2, -0.15) is 0 Å². The molecule has 1 fully saturated rings. The molecule has 0 spiro atoms. The molecule has 1 aromatic rings. The summed E-state index contributed by atoms with van der Waals surface area (Å²) >= 11 is 5.75. The first-order valence-electron chi connectivity index (χ1n) is 4.55. The maximum Gasteiger partial charge on any atom is 0.134 e. The molecular weight excluding hydrogens is 184 g/mol. The van der Waals surface area contributed by atoms with Gasteiger partial charge in [0.15, 0.2) is 0 Å². The van der Waals surface area contributed by atoms with E-state index < -0.39 is 0 Å². The fourth-order valence-corrected chi connectivity index (χ4v) is 1.52. The molecule has 3 heteroatoms. The molecule has 1 heterocycles. The SMILES string of the molecule is Cc1cc(CCl)nc(C2(C)CC2)n1. The zero-order valence-electron chi connectivity index (χ0n) is 7.97. The van der Waals surface area contributed by atoms with E-state index in [4.69, 9.17) is 11.6 Å². The highest BCUT2D eigenvalue weighted by atomic mass is 35.5. The van der Waals surface area contributed by atoms with Crippen LogP contribution in [-0.2, 0) is 11.3 Å². The number of halogens is 1. The highest BCUT2D eigenvalue weighted by Crippen LogP contribution is 2.45. The minimum absolute atomic E-state index is 0.243.